The zero-order chi connectivity index (χ0) is 27.8. The van der Waals surface area contributed by atoms with Gasteiger partial charge in [0.25, 0.3) is 5.56 Å². The minimum atomic E-state index is -0.306. The van der Waals surface area contributed by atoms with E-state index in [1.807, 2.05) is 54.6 Å². The first-order chi connectivity index (χ1) is 19.4. The number of benzene rings is 4. The van der Waals surface area contributed by atoms with E-state index in [9.17, 15) is 4.79 Å². The van der Waals surface area contributed by atoms with Gasteiger partial charge in [0.2, 0.25) is 5.82 Å². The molecule has 6 aromatic rings. The molecule has 0 aliphatic heterocycles. The van der Waals surface area contributed by atoms with E-state index in [0.717, 1.165) is 25.5 Å². The van der Waals surface area contributed by atoms with E-state index in [4.69, 9.17) is 37.3 Å². The monoisotopic (exact) mass is 695 g/mol. The van der Waals surface area contributed by atoms with Crippen molar-refractivity contribution in [1.82, 2.24) is 9.66 Å². The molecule has 0 fully saturated rings. The molecule has 0 atom stereocenters. The van der Waals surface area contributed by atoms with Gasteiger partial charge in [0.15, 0.2) is 5.76 Å². The zero-order valence-electron chi connectivity index (χ0n) is 20.4. The smallest absolute Gasteiger partial charge is 0.282 e. The van der Waals surface area contributed by atoms with E-state index in [1.54, 1.807) is 36.5 Å². The van der Waals surface area contributed by atoms with E-state index in [2.05, 4.69) is 37.0 Å². The number of halogens is 4. The van der Waals surface area contributed by atoms with E-state index >= 15 is 0 Å². The van der Waals surface area contributed by atoms with Crippen LogP contribution in [0.4, 0.5) is 0 Å². The van der Waals surface area contributed by atoms with Crippen LogP contribution in [0.2, 0.25) is 10.0 Å². The Morgan fingerprint density at radius 3 is 2.62 bits per heavy atom. The van der Waals surface area contributed by atoms with Gasteiger partial charge in [0, 0.05) is 9.86 Å². The van der Waals surface area contributed by atoms with Crippen molar-refractivity contribution in [3.63, 3.8) is 0 Å². The van der Waals surface area contributed by atoms with Gasteiger partial charge in [-0.2, -0.15) is 9.78 Å². The van der Waals surface area contributed by atoms with E-state index in [0.29, 0.717) is 50.5 Å². The van der Waals surface area contributed by atoms with Crippen molar-refractivity contribution in [2.45, 2.75) is 6.61 Å². The molecule has 2 aromatic heterocycles. The minimum Gasteiger partial charge on any atom is -0.488 e. The summed E-state index contributed by atoms with van der Waals surface area (Å²) in [5.74, 6) is 1.37. The average Bonchev–Trinajstić information content (AvgIpc) is 3.37. The molecule has 0 spiro atoms. The van der Waals surface area contributed by atoms with Crippen molar-refractivity contribution in [1.29, 1.82) is 0 Å². The number of para-hydroxylation sites is 1. The molecule has 0 aliphatic rings. The van der Waals surface area contributed by atoms with Crippen LogP contribution in [0.25, 0.3) is 33.5 Å². The summed E-state index contributed by atoms with van der Waals surface area (Å²) < 4.78 is 14.9. The van der Waals surface area contributed by atoms with Gasteiger partial charge in [0.05, 0.1) is 31.6 Å². The minimum absolute atomic E-state index is 0.299. The van der Waals surface area contributed by atoms with Crippen molar-refractivity contribution in [3.05, 3.63) is 125 Å². The lowest BCUT2D eigenvalue weighted by atomic mass is 10.2. The highest BCUT2D eigenvalue weighted by molar-refractivity contribution is 9.10. The first-order valence-corrected chi connectivity index (χ1v) is 14.3. The first-order valence-electron chi connectivity index (χ1n) is 12.0. The van der Waals surface area contributed by atoms with E-state index < -0.39 is 0 Å². The summed E-state index contributed by atoms with van der Waals surface area (Å²) in [6, 6.07) is 25.6. The number of hydrogen-bond donors (Lipinski definition) is 0. The van der Waals surface area contributed by atoms with Crippen molar-refractivity contribution in [3.8, 4) is 17.3 Å². The Hall–Kier alpha value is -3.43. The number of hydrogen-bond acceptors (Lipinski definition) is 5. The fraction of sp³-hybridized carbons (Fsp3) is 0.0333. The fourth-order valence-corrected chi connectivity index (χ4v) is 5.35. The summed E-state index contributed by atoms with van der Waals surface area (Å²) in [5, 5.41) is 6.83. The molecule has 198 valence electrons. The van der Waals surface area contributed by atoms with Crippen LogP contribution < -0.4 is 10.3 Å². The van der Waals surface area contributed by atoms with Gasteiger partial charge in [-0.25, -0.2) is 4.98 Å². The SMILES string of the molecule is O=c1c2ccccc2nc(-c2cc3cc(Br)ccc3o2)n1N=Cc1ccc(OCc2ccc(Cl)c(Cl)c2)c(Br)c1. The Labute approximate surface area is 255 Å². The molecule has 6 rings (SSSR count). The Morgan fingerprint density at radius 2 is 1.80 bits per heavy atom. The lowest BCUT2D eigenvalue weighted by Crippen LogP contribution is -2.20. The van der Waals surface area contributed by atoms with Crippen LogP contribution in [-0.4, -0.2) is 15.9 Å². The summed E-state index contributed by atoms with van der Waals surface area (Å²) in [4.78, 5) is 18.2. The van der Waals surface area contributed by atoms with Crippen LogP contribution in [0.1, 0.15) is 11.1 Å². The molecule has 0 N–H and O–H groups in total. The molecule has 0 unspecified atom stereocenters. The van der Waals surface area contributed by atoms with Crippen LogP contribution in [0.3, 0.4) is 0 Å². The highest BCUT2D eigenvalue weighted by atomic mass is 79.9. The maximum atomic E-state index is 13.5. The summed E-state index contributed by atoms with van der Waals surface area (Å²) in [5.41, 5.74) is 2.56. The largest absolute Gasteiger partial charge is 0.488 e. The molecule has 0 saturated carbocycles. The standard InChI is InChI=1S/C30H17Br2Cl2N3O3/c31-20-7-10-26-19(13-20)14-28(40-26)29-36-25-4-2-1-3-21(25)30(38)37(29)35-15-17-6-9-27(22(32)11-17)39-16-18-5-8-23(33)24(34)12-18/h1-15H,16H2. The van der Waals surface area contributed by atoms with Crippen molar-refractivity contribution in [2.75, 3.05) is 0 Å². The number of fused-ring (bicyclic) bond motifs is 2. The van der Waals surface area contributed by atoms with Crippen molar-refractivity contribution < 1.29 is 9.15 Å². The number of nitrogens with zero attached hydrogens (tertiary/aromatic N) is 3. The van der Waals surface area contributed by atoms with Crippen LogP contribution in [0.15, 0.2) is 108 Å². The highest BCUT2D eigenvalue weighted by Crippen LogP contribution is 2.30. The average molecular weight is 698 g/mol. The lowest BCUT2D eigenvalue weighted by Gasteiger charge is -2.10. The maximum Gasteiger partial charge on any atom is 0.282 e. The van der Waals surface area contributed by atoms with Crippen LogP contribution >= 0.6 is 55.1 Å². The summed E-state index contributed by atoms with van der Waals surface area (Å²) >= 11 is 19.2. The molecule has 40 heavy (non-hydrogen) atoms. The first kappa shape index (κ1) is 26.8. The van der Waals surface area contributed by atoms with Gasteiger partial charge in [-0.1, -0.05) is 57.3 Å². The second-order valence-electron chi connectivity index (χ2n) is 8.83. The van der Waals surface area contributed by atoms with Gasteiger partial charge in [-0.15, -0.1) is 0 Å². The predicted molar refractivity (Wildman–Crippen MR) is 167 cm³/mol. The quantitative estimate of drug-likeness (QED) is 0.163. The molecule has 6 nitrogen and oxygen atoms in total. The van der Waals surface area contributed by atoms with Crippen LogP contribution in [0.5, 0.6) is 5.75 Å². The predicted octanol–water partition coefficient (Wildman–Crippen LogP) is 9.10. The molecule has 0 radical (unpaired) electrons. The number of rotatable bonds is 6. The zero-order valence-corrected chi connectivity index (χ0v) is 25.1. The molecule has 0 aliphatic carbocycles. The summed E-state index contributed by atoms with van der Waals surface area (Å²) in [6.07, 6.45) is 1.59. The molecule has 0 amide bonds. The Balaban J connectivity index is 1.34. The molecular formula is C30H17Br2Cl2N3O3. The third-order valence-corrected chi connectivity index (χ3v) is 7.96. The van der Waals surface area contributed by atoms with Gasteiger partial charge < -0.3 is 9.15 Å². The van der Waals surface area contributed by atoms with E-state index in [1.165, 1.54) is 4.68 Å². The fourth-order valence-electron chi connectivity index (χ4n) is 4.14. The second kappa shape index (κ2) is 11.2. The molecule has 4 aromatic carbocycles. The van der Waals surface area contributed by atoms with Gasteiger partial charge >= 0.3 is 0 Å². The maximum absolute atomic E-state index is 13.5. The number of aromatic nitrogens is 2. The molecular weight excluding hydrogens is 681 g/mol. The van der Waals surface area contributed by atoms with Gasteiger partial charge in [0.1, 0.15) is 17.9 Å². The highest BCUT2D eigenvalue weighted by Gasteiger charge is 2.16. The third-order valence-electron chi connectivity index (χ3n) is 6.11. The van der Waals surface area contributed by atoms with Crippen molar-refractivity contribution in [2.24, 2.45) is 5.10 Å². The Bertz CT molecular complexity index is 2000. The molecule has 10 heteroatoms. The molecule has 2 heterocycles. The Kier molecular flexibility index (Phi) is 7.51. The molecule has 0 bridgehead atoms. The number of ether oxygens (including phenoxy) is 1. The van der Waals surface area contributed by atoms with Crippen LogP contribution in [-0.2, 0) is 6.61 Å². The Morgan fingerprint density at radius 1 is 0.950 bits per heavy atom. The third kappa shape index (κ3) is 5.45. The normalized spacial score (nSPS) is 11.6. The molecule has 0 saturated heterocycles. The summed E-state index contributed by atoms with van der Waals surface area (Å²) in [6.45, 7) is 0.318. The summed E-state index contributed by atoms with van der Waals surface area (Å²) in [7, 11) is 0. The van der Waals surface area contributed by atoms with E-state index in [-0.39, 0.29) is 5.56 Å². The second-order valence-corrected chi connectivity index (χ2v) is 11.4. The van der Waals surface area contributed by atoms with Crippen LogP contribution in [0, 0.1) is 0 Å². The number of furan rings is 1. The van der Waals surface area contributed by atoms with Gasteiger partial charge in [-0.3, -0.25) is 4.79 Å². The topological polar surface area (TPSA) is 69.6 Å². The van der Waals surface area contributed by atoms with Crippen molar-refractivity contribution >= 4 is 83.1 Å². The van der Waals surface area contributed by atoms with Gasteiger partial charge in [-0.05, 0) is 93.8 Å². The lowest BCUT2D eigenvalue weighted by molar-refractivity contribution is 0.304.